The number of rotatable bonds is 3. The SMILES string of the molecule is Cc1cccc(-n2nc(Cl)cc2-c2ccc(S(=O)O)cc2)c1.[H-].[Na+]. The summed E-state index contributed by atoms with van der Waals surface area (Å²) in [6, 6.07) is 16.5. The van der Waals surface area contributed by atoms with Crippen LogP contribution in [0.4, 0.5) is 0 Å². The minimum atomic E-state index is -1.98. The maximum absolute atomic E-state index is 11.1. The molecule has 3 aromatic rings. The molecule has 1 unspecified atom stereocenters. The smallest absolute Gasteiger partial charge is 1.00 e. The summed E-state index contributed by atoms with van der Waals surface area (Å²) in [6.07, 6.45) is 0. The third kappa shape index (κ3) is 4.12. The van der Waals surface area contributed by atoms with Gasteiger partial charge in [-0.3, -0.25) is 0 Å². The second-order valence-electron chi connectivity index (χ2n) is 4.88. The molecule has 3 rings (SSSR count). The first-order valence-electron chi connectivity index (χ1n) is 6.58. The second kappa shape index (κ2) is 7.75. The van der Waals surface area contributed by atoms with Crippen molar-refractivity contribution < 1.29 is 39.7 Å². The largest absolute Gasteiger partial charge is 1.00 e. The number of hydrogen-bond acceptors (Lipinski definition) is 2. The average molecular weight is 357 g/mol. The van der Waals surface area contributed by atoms with Crippen molar-refractivity contribution in [3.05, 3.63) is 65.3 Å². The van der Waals surface area contributed by atoms with Gasteiger partial charge in [0.25, 0.3) is 0 Å². The summed E-state index contributed by atoms with van der Waals surface area (Å²) in [5.41, 5.74) is 3.73. The summed E-state index contributed by atoms with van der Waals surface area (Å²) in [4.78, 5) is 0.358. The van der Waals surface area contributed by atoms with Gasteiger partial charge in [-0.25, -0.2) is 8.89 Å². The van der Waals surface area contributed by atoms with Crippen molar-refractivity contribution in [1.29, 1.82) is 0 Å². The zero-order valence-corrected chi connectivity index (χ0v) is 16.3. The maximum atomic E-state index is 11.1. The Bertz CT molecular complexity index is 856. The van der Waals surface area contributed by atoms with Gasteiger partial charge in [-0.2, -0.15) is 5.10 Å². The molecule has 0 bridgehead atoms. The molecule has 1 N–H and O–H groups in total. The summed E-state index contributed by atoms with van der Waals surface area (Å²) in [5, 5.41) is 4.72. The van der Waals surface area contributed by atoms with E-state index >= 15 is 0 Å². The predicted molar refractivity (Wildman–Crippen MR) is 88.9 cm³/mol. The molecular formula is C16H14ClN2NaO2S. The number of halogens is 1. The Hall–Kier alpha value is -0.950. The van der Waals surface area contributed by atoms with Gasteiger partial charge in [-0.05, 0) is 36.8 Å². The molecule has 0 fully saturated rings. The fourth-order valence-corrected chi connectivity index (χ4v) is 2.80. The van der Waals surface area contributed by atoms with Gasteiger partial charge in [0.2, 0.25) is 0 Å². The van der Waals surface area contributed by atoms with Gasteiger partial charge in [0, 0.05) is 11.6 Å². The van der Waals surface area contributed by atoms with Crippen molar-refractivity contribution in [3.8, 4) is 16.9 Å². The minimum Gasteiger partial charge on any atom is -1.00 e. The molecule has 0 aliphatic rings. The van der Waals surface area contributed by atoms with Crippen LogP contribution >= 0.6 is 11.6 Å². The quantitative estimate of drug-likeness (QED) is 0.566. The molecule has 0 aliphatic carbocycles. The summed E-state index contributed by atoms with van der Waals surface area (Å²) < 4.78 is 21.9. The fourth-order valence-electron chi connectivity index (χ4n) is 2.26. The van der Waals surface area contributed by atoms with E-state index in [0.29, 0.717) is 10.0 Å². The molecule has 114 valence electrons. The molecule has 0 saturated heterocycles. The van der Waals surface area contributed by atoms with E-state index < -0.39 is 11.1 Å². The minimum absolute atomic E-state index is 0. The first kappa shape index (κ1) is 18.4. The van der Waals surface area contributed by atoms with Crippen LogP contribution in [0, 0.1) is 6.92 Å². The van der Waals surface area contributed by atoms with Crippen molar-refractivity contribution in [3.63, 3.8) is 0 Å². The molecule has 0 saturated carbocycles. The fraction of sp³-hybridized carbons (Fsp3) is 0.0625. The van der Waals surface area contributed by atoms with Crippen LogP contribution in [-0.4, -0.2) is 18.5 Å². The average Bonchev–Trinajstić information content (AvgIpc) is 2.89. The van der Waals surface area contributed by atoms with Crippen LogP contribution in [0.2, 0.25) is 5.15 Å². The van der Waals surface area contributed by atoms with Crippen LogP contribution in [0.1, 0.15) is 6.99 Å². The van der Waals surface area contributed by atoms with E-state index in [1.807, 2.05) is 31.2 Å². The van der Waals surface area contributed by atoms with Gasteiger partial charge in [0.15, 0.2) is 16.2 Å². The zero-order chi connectivity index (χ0) is 15.7. The molecule has 4 nitrogen and oxygen atoms in total. The second-order valence-corrected chi connectivity index (χ2v) is 6.23. The zero-order valence-electron chi connectivity index (χ0n) is 13.7. The summed E-state index contributed by atoms with van der Waals surface area (Å²) in [7, 11) is 0. The first-order valence-corrected chi connectivity index (χ1v) is 8.07. The Kier molecular flexibility index (Phi) is 6.19. The van der Waals surface area contributed by atoms with Crippen LogP contribution in [0.25, 0.3) is 16.9 Å². The molecule has 2 aromatic carbocycles. The Morgan fingerprint density at radius 2 is 1.87 bits per heavy atom. The van der Waals surface area contributed by atoms with Crippen molar-refractivity contribution in [2.75, 3.05) is 0 Å². The Balaban J connectivity index is 0.00000144. The van der Waals surface area contributed by atoms with Gasteiger partial charge in [-0.15, -0.1) is 0 Å². The Labute approximate surface area is 165 Å². The predicted octanol–water partition coefficient (Wildman–Crippen LogP) is 1.20. The van der Waals surface area contributed by atoms with Crippen LogP contribution in [0.15, 0.2) is 59.5 Å². The van der Waals surface area contributed by atoms with Gasteiger partial charge in [0.1, 0.15) is 0 Å². The van der Waals surface area contributed by atoms with Gasteiger partial charge in [0.05, 0.1) is 16.3 Å². The number of aromatic nitrogens is 2. The van der Waals surface area contributed by atoms with Crippen LogP contribution < -0.4 is 29.6 Å². The molecule has 0 aliphatic heterocycles. The molecule has 1 heterocycles. The molecule has 1 aromatic heterocycles. The number of hydrogen-bond donors (Lipinski definition) is 1. The monoisotopic (exact) mass is 356 g/mol. The van der Waals surface area contributed by atoms with Crippen LogP contribution in [0.5, 0.6) is 0 Å². The van der Waals surface area contributed by atoms with Gasteiger partial charge in [-0.1, -0.05) is 35.9 Å². The Morgan fingerprint density at radius 1 is 1.17 bits per heavy atom. The Morgan fingerprint density at radius 3 is 2.48 bits per heavy atom. The molecule has 7 heteroatoms. The third-order valence-corrected chi connectivity index (χ3v) is 4.14. The van der Waals surface area contributed by atoms with Crippen molar-refractivity contribution in [2.24, 2.45) is 0 Å². The van der Waals surface area contributed by atoms with Crippen molar-refractivity contribution in [1.82, 2.24) is 9.78 Å². The summed E-state index contributed by atoms with van der Waals surface area (Å²) >= 11 is 4.08. The van der Waals surface area contributed by atoms with E-state index in [-0.39, 0.29) is 31.0 Å². The topological polar surface area (TPSA) is 55.1 Å². The normalized spacial score (nSPS) is 11.8. The number of benzene rings is 2. The third-order valence-electron chi connectivity index (χ3n) is 3.28. The first-order chi connectivity index (χ1) is 10.5. The van der Waals surface area contributed by atoms with E-state index in [1.165, 1.54) is 0 Å². The standard InChI is InChI=1S/C16H13ClN2O2S.Na.H/c1-11-3-2-4-13(9-11)19-15(10-16(17)18-19)12-5-7-14(8-6-12)22(20)21;;/h2-10H,1H3,(H,20,21);;/q;+1;-1. The number of aryl methyl sites for hydroxylation is 1. The van der Waals surface area contributed by atoms with E-state index in [4.69, 9.17) is 16.2 Å². The maximum Gasteiger partial charge on any atom is 1.00 e. The van der Waals surface area contributed by atoms with Gasteiger partial charge < -0.3 is 5.98 Å². The molecule has 0 spiro atoms. The van der Waals surface area contributed by atoms with Crippen molar-refractivity contribution >= 4 is 22.7 Å². The van der Waals surface area contributed by atoms with E-state index in [1.54, 1.807) is 35.0 Å². The molecule has 23 heavy (non-hydrogen) atoms. The number of nitrogens with zero attached hydrogens (tertiary/aromatic N) is 2. The van der Waals surface area contributed by atoms with Crippen LogP contribution in [0.3, 0.4) is 0 Å². The molecule has 1 atom stereocenters. The molecule has 0 radical (unpaired) electrons. The summed E-state index contributed by atoms with van der Waals surface area (Å²) in [6.45, 7) is 2.01. The van der Waals surface area contributed by atoms with E-state index in [9.17, 15) is 4.21 Å². The molecule has 0 amide bonds. The van der Waals surface area contributed by atoms with Gasteiger partial charge >= 0.3 is 29.6 Å². The van der Waals surface area contributed by atoms with E-state index in [0.717, 1.165) is 22.5 Å². The van der Waals surface area contributed by atoms with Crippen LogP contribution in [-0.2, 0) is 11.1 Å². The molecular weight excluding hydrogens is 343 g/mol. The van der Waals surface area contributed by atoms with Crippen molar-refractivity contribution in [2.45, 2.75) is 11.8 Å². The van der Waals surface area contributed by atoms with E-state index in [2.05, 4.69) is 5.10 Å². The summed E-state index contributed by atoms with van der Waals surface area (Å²) in [5.74, 6) is 0.